The molecule has 1 aromatic carbocycles. The summed E-state index contributed by atoms with van der Waals surface area (Å²) >= 11 is 6.00. The Labute approximate surface area is 124 Å². The molecule has 2 N–H and O–H groups in total. The van der Waals surface area contributed by atoms with Gasteiger partial charge >= 0.3 is 0 Å². The van der Waals surface area contributed by atoms with Crippen LogP contribution in [0, 0.1) is 10.1 Å². The molecule has 0 atom stereocenters. The van der Waals surface area contributed by atoms with E-state index in [2.05, 4.69) is 20.3 Å². The number of nitro benzene ring substituents is 1. The monoisotopic (exact) mass is 310 g/mol. The first-order valence-electron chi connectivity index (χ1n) is 5.96. The zero-order chi connectivity index (χ0) is 15.4. The van der Waals surface area contributed by atoms with E-state index in [-0.39, 0.29) is 27.8 Å². The molecule has 0 aliphatic rings. The summed E-state index contributed by atoms with van der Waals surface area (Å²) in [6, 6.07) is 3.95. The van der Waals surface area contributed by atoms with Crippen molar-refractivity contribution in [2.75, 3.05) is 17.2 Å². The molecular weight excluding hydrogens is 300 g/mol. The average molecular weight is 311 g/mol. The van der Waals surface area contributed by atoms with Gasteiger partial charge in [-0.25, -0.2) is 0 Å². The lowest BCUT2D eigenvalue weighted by atomic mass is 10.1. The fourth-order valence-corrected chi connectivity index (χ4v) is 1.97. The van der Waals surface area contributed by atoms with Crippen LogP contribution in [0.3, 0.4) is 0 Å². The van der Waals surface area contributed by atoms with Crippen molar-refractivity contribution in [3.05, 3.63) is 45.2 Å². The van der Waals surface area contributed by atoms with Crippen LogP contribution in [-0.4, -0.2) is 22.5 Å². The first kappa shape index (κ1) is 14.8. The summed E-state index contributed by atoms with van der Waals surface area (Å²) in [5, 5.41) is 19.9. The highest BCUT2D eigenvalue weighted by Gasteiger charge is 2.21. The molecule has 2 rings (SSSR count). The molecule has 110 valence electrons. The highest BCUT2D eigenvalue weighted by molar-refractivity contribution is 6.34. The van der Waals surface area contributed by atoms with Gasteiger partial charge in [0.25, 0.3) is 11.6 Å². The van der Waals surface area contributed by atoms with Gasteiger partial charge in [0.05, 0.1) is 9.95 Å². The normalized spacial score (nSPS) is 10.2. The van der Waals surface area contributed by atoms with E-state index in [1.54, 1.807) is 6.92 Å². The van der Waals surface area contributed by atoms with Crippen molar-refractivity contribution < 1.29 is 14.2 Å². The van der Waals surface area contributed by atoms with Crippen LogP contribution in [0.25, 0.3) is 0 Å². The van der Waals surface area contributed by atoms with E-state index in [0.29, 0.717) is 6.54 Å². The third kappa shape index (κ3) is 3.29. The Morgan fingerprint density at radius 2 is 2.29 bits per heavy atom. The van der Waals surface area contributed by atoms with Crippen molar-refractivity contribution in [1.29, 1.82) is 0 Å². The molecule has 1 heterocycles. The summed E-state index contributed by atoms with van der Waals surface area (Å²) in [5.41, 5.74) is -0.0341. The minimum Gasteiger partial charge on any atom is -0.379 e. The van der Waals surface area contributed by atoms with Crippen LogP contribution in [0.1, 0.15) is 17.3 Å². The number of hydrogen-bond acceptors (Lipinski definition) is 6. The number of hydrogen-bond donors (Lipinski definition) is 2. The van der Waals surface area contributed by atoms with Crippen LogP contribution in [0.5, 0.6) is 0 Å². The van der Waals surface area contributed by atoms with Crippen LogP contribution in [0.2, 0.25) is 5.02 Å². The summed E-state index contributed by atoms with van der Waals surface area (Å²) < 4.78 is 4.58. The van der Waals surface area contributed by atoms with Crippen molar-refractivity contribution in [3.8, 4) is 0 Å². The molecule has 0 aliphatic heterocycles. The quantitative estimate of drug-likeness (QED) is 0.649. The van der Waals surface area contributed by atoms with Gasteiger partial charge in [-0.05, 0) is 13.0 Å². The van der Waals surface area contributed by atoms with Gasteiger partial charge in [-0.15, -0.1) is 0 Å². The van der Waals surface area contributed by atoms with Gasteiger partial charge in [-0.2, -0.15) is 0 Å². The molecule has 0 fully saturated rings. The molecule has 0 bridgehead atoms. The van der Waals surface area contributed by atoms with Gasteiger partial charge in [-0.1, -0.05) is 16.8 Å². The number of nitrogens with one attached hydrogen (secondary N) is 2. The second-order valence-electron chi connectivity index (χ2n) is 3.98. The van der Waals surface area contributed by atoms with Gasteiger partial charge in [0.2, 0.25) is 0 Å². The van der Waals surface area contributed by atoms with E-state index in [0.717, 1.165) is 6.07 Å². The molecular formula is C12H11ClN4O4. The summed E-state index contributed by atoms with van der Waals surface area (Å²) in [6.45, 7) is 2.25. The van der Waals surface area contributed by atoms with Gasteiger partial charge in [-0.3, -0.25) is 14.9 Å². The van der Waals surface area contributed by atoms with Crippen molar-refractivity contribution in [1.82, 2.24) is 5.16 Å². The third-order valence-electron chi connectivity index (χ3n) is 2.56. The van der Waals surface area contributed by atoms with Crippen molar-refractivity contribution in [3.63, 3.8) is 0 Å². The standard InChI is InChI=1S/C12H11ClN4O4/c1-2-14-11-8(13)5-7(6-9(11)17(19)20)12(18)15-10-3-4-21-16-10/h3-6,14H,2H2,1H3,(H,15,16,18). The number of rotatable bonds is 5. The molecule has 0 spiro atoms. The zero-order valence-corrected chi connectivity index (χ0v) is 11.7. The molecule has 2 aromatic rings. The van der Waals surface area contributed by atoms with Crippen molar-refractivity contribution >= 4 is 34.7 Å². The van der Waals surface area contributed by atoms with Crippen LogP contribution in [0.4, 0.5) is 17.2 Å². The largest absolute Gasteiger partial charge is 0.379 e. The number of halogens is 1. The Kier molecular flexibility index (Phi) is 4.39. The molecule has 8 nitrogen and oxygen atoms in total. The van der Waals surface area contributed by atoms with Gasteiger partial charge in [0.1, 0.15) is 12.0 Å². The predicted octanol–water partition coefficient (Wildman–Crippen LogP) is 2.92. The fraction of sp³-hybridized carbons (Fsp3) is 0.167. The number of amides is 1. The number of carbonyl (C=O) groups is 1. The molecule has 0 radical (unpaired) electrons. The smallest absolute Gasteiger partial charge is 0.294 e. The molecule has 0 saturated carbocycles. The number of anilines is 2. The molecule has 1 aromatic heterocycles. The molecule has 0 unspecified atom stereocenters. The lowest BCUT2D eigenvalue weighted by molar-refractivity contribution is -0.384. The second kappa shape index (κ2) is 6.23. The van der Waals surface area contributed by atoms with Crippen LogP contribution in [-0.2, 0) is 0 Å². The summed E-state index contributed by atoms with van der Waals surface area (Å²) in [6.07, 6.45) is 1.29. The summed E-state index contributed by atoms with van der Waals surface area (Å²) in [4.78, 5) is 22.5. The van der Waals surface area contributed by atoms with E-state index in [4.69, 9.17) is 11.6 Å². The Morgan fingerprint density at radius 3 is 2.86 bits per heavy atom. The van der Waals surface area contributed by atoms with Crippen molar-refractivity contribution in [2.45, 2.75) is 6.92 Å². The Balaban J connectivity index is 2.36. The average Bonchev–Trinajstić information content (AvgIpc) is 2.93. The number of carbonyl (C=O) groups excluding carboxylic acids is 1. The molecule has 21 heavy (non-hydrogen) atoms. The lowest BCUT2D eigenvalue weighted by Crippen LogP contribution is -2.13. The van der Waals surface area contributed by atoms with Crippen LogP contribution < -0.4 is 10.6 Å². The number of benzene rings is 1. The minimum atomic E-state index is -0.600. The van der Waals surface area contributed by atoms with Crippen LogP contribution >= 0.6 is 11.6 Å². The van der Waals surface area contributed by atoms with E-state index in [1.165, 1.54) is 18.4 Å². The maximum atomic E-state index is 12.0. The maximum Gasteiger partial charge on any atom is 0.294 e. The minimum absolute atomic E-state index is 0.0522. The Bertz CT molecular complexity index is 672. The first-order chi connectivity index (χ1) is 10.0. The highest BCUT2D eigenvalue weighted by atomic mass is 35.5. The second-order valence-corrected chi connectivity index (χ2v) is 4.39. The van der Waals surface area contributed by atoms with E-state index < -0.39 is 10.8 Å². The number of nitro groups is 1. The topological polar surface area (TPSA) is 110 Å². The van der Waals surface area contributed by atoms with Gasteiger partial charge < -0.3 is 15.2 Å². The van der Waals surface area contributed by atoms with E-state index in [1.807, 2.05) is 0 Å². The molecule has 0 saturated heterocycles. The molecule has 9 heteroatoms. The number of aromatic nitrogens is 1. The van der Waals surface area contributed by atoms with E-state index >= 15 is 0 Å². The highest BCUT2D eigenvalue weighted by Crippen LogP contribution is 2.33. The summed E-state index contributed by atoms with van der Waals surface area (Å²) in [7, 11) is 0. The maximum absolute atomic E-state index is 12.0. The predicted molar refractivity (Wildman–Crippen MR) is 76.7 cm³/mol. The molecule has 0 aliphatic carbocycles. The lowest BCUT2D eigenvalue weighted by Gasteiger charge is -2.09. The fourth-order valence-electron chi connectivity index (χ4n) is 1.68. The van der Waals surface area contributed by atoms with Crippen LogP contribution in [0.15, 0.2) is 29.0 Å². The zero-order valence-electron chi connectivity index (χ0n) is 10.9. The van der Waals surface area contributed by atoms with E-state index in [9.17, 15) is 14.9 Å². The Hall–Kier alpha value is -2.61. The Morgan fingerprint density at radius 1 is 1.52 bits per heavy atom. The van der Waals surface area contributed by atoms with Crippen molar-refractivity contribution in [2.24, 2.45) is 0 Å². The third-order valence-corrected chi connectivity index (χ3v) is 2.86. The van der Waals surface area contributed by atoms with Gasteiger partial charge in [0.15, 0.2) is 5.82 Å². The molecule has 1 amide bonds. The van der Waals surface area contributed by atoms with Gasteiger partial charge in [0, 0.05) is 24.2 Å². The first-order valence-corrected chi connectivity index (χ1v) is 6.34. The number of nitrogens with zero attached hydrogens (tertiary/aromatic N) is 2. The summed E-state index contributed by atoms with van der Waals surface area (Å²) in [5.74, 6) is -0.369. The SMILES string of the molecule is CCNc1c(Cl)cc(C(=O)Nc2ccon2)cc1[N+](=O)[O-].